The monoisotopic (exact) mass is 246 g/mol. The van der Waals surface area contributed by atoms with Gasteiger partial charge in [-0.15, -0.1) is 0 Å². The lowest BCUT2D eigenvalue weighted by Gasteiger charge is -2.13. The quantitative estimate of drug-likeness (QED) is 0.489. The molecular weight excluding hydrogens is 216 g/mol. The highest BCUT2D eigenvalue weighted by atomic mass is 14.1. The van der Waals surface area contributed by atoms with Crippen molar-refractivity contribution in [1.29, 1.82) is 0 Å². The van der Waals surface area contributed by atoms with Crippen LogP contribution in [0.25, 0.3) is 0 Å². The SMILES string of the molecule is CCCCCCCc1cccc(CC)c1CCC. The van der Waals surface area contributed by atoms with E-state index in [0.717, 1.165) is 0 Å². The molecule has 0 aliphatic rings. The number of hydrogen-bond donors (Lipinski definition) is 0. The molecule has 1 aromatic rings. The number of aryl methyl sites for hydroxylation is 2. The summed E-state index contributed by atoms with van der Waals surface area (Å²) in [5.41, 5.74) is 4.84. The molecule has 1 rings (SSSR count). The van der Waals surface area contributed by atoms with Crippen molar-refractivity contribution in [2.75, 3.05) is 0 Å². The van der Waals surface area contributed by atoms with Crippen LogP contribution in [0.3, 0.4) is 0 Å². The maximum absolute atomic E-state index is 2.35. The zero-order valence-corrected chi connectivity index (χ0v) is 12.6. The first-order valence-electron chi connectivity index (χ1n) is 7.93. The van der Waals surface area contributed by atoms with Gasteiger partial charge in [-0.05, 0) is 42.4 Å². The van der Waals surface area contributed by atoms with Gasteiger partial charge in [0.1, 0.15) is 0 Å². The fourth-order valence-electron chi connectivity index (χ4n) is 2.74. The van der Waals surface area contributed by atoms with Crippen molar-refractivity contribution >= 4 is 0 Å². The Morgan fingerprint density at radius 2 is 1.44 bits per heavy atom. The third-order valence-electron chi connectivity index (χ3n) is 3.80. The van der Waals surface area contributed by atoms with E-state index in [9.17, 15) is 0 Å². The highest BCUT2D eigenvalue weighted by Gasteiger charge is 2.06. The summed E-state index contributed by atoms with van der Waals surface area (Å²) < 4.78 is 0. The number of unbranched alkanes of at least 4 members (excludes halogenated alkanes) is 4. The normalized spacial score (nSPS) is 10.8. The highest BCUT2D eigenvalue weighted by Crippen LogP contribution is 2.20. The van der Waals surface area contributed by atoms with Crippen molar-refractivity contribution in [2.45, 2.75) is 78.6 Å². The summed E-state index contributed by atoms with van der Waals surface area (Å²) in [7, 11) is 0. The molecule has 0 aliphatic carbocycles. The summed E-state index contributed by atoms with van der Waals surface area (Å²) in [5.74, 6) is 0. The standard InChI is InChI=1S/C18H30/c1-4-7-8-9-10-13-17-15-11-14-16(6-3)18(17)12-5-2/h11,14-15H,4-10,12-13H2,1-3H3. The van der Waals surface area contributed by atoms with Gasteiger partial charge < -0.3 is 0 Å². The largest absolute Gasteiger partial charge is 0.0654 e. The van der Waals surface area contributed by atoms with Crippen LogP contribution in [0.1, 0.15) is 76.0 Å². The van der Waals surface area contributed by atoms with Crippen molar-refractivity contribution in [3.8, 4) is 0 Å². The van der Waals surface area contributed by atoms with Gasteiger partial charge >= 0.3 is 0 Å². The summed E-state index contributed by atoms with van der Waals surface area (Å²) in [6.07, 6.45) is 11.9. The summed E-state index contributed by atoms with van der Waals surface area (Å²) in [5, 5.41) is 0. The van der Waals surface area contributed by atoms with Crippen LogP contribution in [0.15, 0.2) is 18.2 Å². The predicted octanol–water partition coefficient (Wildman–Crippen LogP) is 5.71. The Bertz CT molecular complexity index is 325. The first-order chi connectivity index (χ1) is 8.83. The maximum atomic E-state index is 2.35. The highest BCUT2D eigenvalue weighted by molar-refractivity contribution is 5.35. The summed E-state index contributed by atoms with van der Waals surface area (Å²) in [4.78, 5) is 0. The fourth-order valence-corrected chi connectivity index (χ4v) is 2.74. The Morgan fingerprint density at radius 1 is 0.722 bits per heavy atom. The van der Waals surface area contributed by atoms with Crippen LogP contribution in [0.4, 0.5) is 0 Å². The first-order valence-corrected chi connectivity index (χ1v) is 7.93. The molecule has 0 saturated heterocycles. The molecule has 1 aromatic carbocycles. The van der Waals surface area contributed by atoms with Gasteiger partial charge in [0.05, 0.1) is 0 Å². The minimum absolute atomic E-state index is 1.18. The molecular formula is C18H30. The van der Waals surface area contributed by atoms with E-state index in [1.807, 2.05) is 0 Å². The van der Waals surface area contributed by atoms with Crippen molar-refractivity contribution < 1.29 is 0 Å². The topological polar surface area (TPSA) is 0 Å². The number of benzene rings is 1. The van der Waals surface area contributed by atoms with Crippen LogP contribution in [-0.4, -0.2) is 0 Å². The van der Waals surface area contributed by atoms with Crippen LogP contribution < -0.4 is 0 Å². The van der Waals surface area contributed by atoms with E-state index < -0.39 is 0 Å². The van der Waals surface area contributed by atoms with E-state index >= 15 is 0 Å². The molecule has 0 heteroatoms. The van der Waals surface area contributed by atoms with Crippen molar-refractivity contribution in [3.05, 3.63) is 34.9 Å². The first kappa shape index (κ1) is 15.3. The second kappa shape index (κ2) is 9.19. The van der Waals surface area contributed by atoms with Crippen LogP contribution in [0.2, 0.25) is 0 Å². The minimum atomic E-state index is 1.18. The van der Waals surface area contributed by atoms with E-state index in [1.54, 1.807) is 16.7 Å². The Hall–Kier alpha value is -0.780. The summed E-state index contributed by atoms with van der Waals surface area (Å²) in [6, 6.07) is 6.91. The van der Waals surface area contributed by atoms with E-state index in [-0.39, 0.29) is 0 Å². The average Bonchev–Trinajstić information content (AvgIpc) is 2.40. The van der Waals surface area contributed by atoms with E-state index in [2.05, 4.69) is 39.0 Å². The minimum Gasteiger partial charge on any atom is -0.0654 e. The van der Waals surface area contributed by atoms with Crippen LogP contribution in [-0.2, 0) is 19.3 Å². The van der Waals surface area contributed by atoms with E-state index in [1.165, 1.54) is 57.8 Å². The maximum Gasteiger partial charge on any atom is -0.0276 e. The molecule has 18 heavy (non-hydrogen) atoms. The Balaban J connectivity index is 2.57. The molecule has 0 atom stereocenters. The van der Waals surface area contributed by atoms with Gasteiger partial charge in [0.2, 0.25) is 0 Å². The molecule has 0 spiro atoms. The molecule has 0 heterocycles. The van der Waals surface area contributed by atoms with Gasteiger partial charge in [-0.3, -0.25) is 0 Å². The Labute approximate surface area is 114 Å². The molecule has 0 radical (unpaired) electrons. The molecule has 0 fully saturated rings. The third kappa shape index (κ3) is 4.84. The van der Waals surface area contributed by atoms with Crippen molar-refractivity contribution in [3.63, 3.8) is 0 Å². The van der Waals surface area contributed by atoms with E-state index in [4.69, 9.17) is 0 Å². The van der Waals surface area contributed by atoms with Gasteiger partial charge in [-0.2, -0.15) is 0 Å². The van der Waals surface area contributed by atoms with Crippen molar-refractivity contribution in [2.24, 2.45) is 0 Å². The number of hydrogen-bond acceptors (Lipinski definition) is 0. The zero-order valence-electron chi connectivity index (χ0n) is 12.6. The lowest BCUT2D eigenvalue weighted by molar-refractivity contribution is 0.630. The van der Waals surface area contributed by atoms with Crippen molar-refractivity contribution in [1.82, 2.24) is 0 Å². The second-order valence-corrected chi connectivity index (χ2v) is 5.32. The van der Waals surface area contributed by atoms with Gasteiger partial charge in [0.15, 0.2) is 0 Å². The fraction of sp³-hybridized carbons (Fsp3) is 0.667. The molecule has 0 unspecified atom stereocenters. The third-order valence-corrected chi connectivity index (χ3v) is 3.80. The zero-order chi connectivity index (χ0) is 13.2. The molecule has 0 aromatic heterocycles. The Kier molecular flexibility index (Phi) is 7.80. The van der Waals surface area contributed by atoms with Crippen LogP contribution in [0, 0.1) is 0 Å². The Morgan fingerprint density at radius 3 is 2.11 bits per heavy atom. The van der Waals surface area contributed by atoms with Gasteiger partial charge in [0, 0.05) is 0 Å². The summed E-state index contributed by atoms with van der Waals surface area (Å²) in [6.45, 7) is 6.85. The van der Waals surface area contributed by atoms with Gasteiger partial charge in [-0.1, -0.05) is 71.1 Å². The molecule has 0 bridgehead atoms. The van der Waals surface area contributed by atoms with Gasteiger partial charge in [0.25, 0.3) is 0 Å². The van der Waals surface area contributed by atoms with E-state index in [0.29, 0.717) is 0 Å². The predicted molar refractivity (Wildman–Crippen MR) is 82.3 cm³/mol. The number of rotatable bonds is 9. The molecule has 0 nitrogen and oxygen atoms in total. The average molecular weight is 246 g/mol. The molecule has 0 amide bonds. The lowest BCUT2D eigenvalue weighted by atomic mass is 9.92. The molecule has 0 N–H and O–H groups in total. The lowest BCUT2D eigenvalue weighted by Crippen LogP contribution is -1.99. The second-order valence-electron chi connectivity index (χ2n) is 5.32. The van der Waals surface area contributed by atoms with Crippen LogP contribution in [0.5, 0.6) is 0 Å². The van der Waals surface area contributed by atoms with Gasteiger partial charge in [-0.25, -0.2) is 0 Å². The molecule has 0 saturated carbocycles. The summed E-state index contributed by atoms with van der Waals surface area (Å²) >= 11 is 0. The molecule has 0 aliphatic heterocycles. The smallest absolute Gasteiger partial charge is 0.0276 e. The van der Waals surface area contributed by atoms with Crippen LogP contribution >= 0.6 is 0 Å². The molecule has 102 valence electrons.